The second-order valence-electron chi connectivity index (χ2n) is 5.30. The first kappa shape index (κ1) is 13.8. The highest BCUT2D eigenvalue weighted by atomic mass is 31.2. The minimum Gasteiger partial charge on any atom is -0.359 e. The summed E-state index contributed by atoms with van der Waals surface area (Å²) in [7, 11) is -1.40. The number of carbonyl (C=O) groups excluding carboxylic acids is 1. The van der Waals surface area contributed by atoms with E-state index in [1.807, 2.05) is 0 Å². The molecule has 0 bridgehead atoms. The molecule has 2 unspecified atom stereocenters. The quantitative estimate of drug-likeness (QED) is 0.556. The Balaban J connectivity index is 2.16. The molecular formula is C12H22NO2P. The van der Waals surface area contributed by atoms with Crippen molar-refractivity contribution >= 4 is 14.1 Å². The van der Waals surface area contributed by atoms with Crippen LogP contribution in [0, 0.1) is 11.3 Å². The highest BCUT2D eigenvalue weighted by Crippen LogP contribution is 2.36. The summed E-state index contributed by atoms with van der Waals surface area (Å²) in [6.07, 6.45) is 8.05. The third-order valence-corrected chi connectivity index (χ3v) is 3.70. The topological polar surface area (TPSA) is 63.3 Å². The molecule has 0 fully saturated rings. The molecule has 1 aliphatic carbocycles. The van der Waals surface area contributed by atoms with Gasteiger partial charge in [0.05, 0.1) is 8.30 Å². The Morgan fingerprint density at radius 1 is 1.56 bits per heavy atom. The number of carbonyl (C=O) groups is 1. The highest BCUT2D eigenvalue weighted by Gasteiger charge is 2.25. The van der Waals surface area contributed by atoms with Gasteiger partial charge in [0.1, 0.15) is 5.78 Å². The van der Waals surface area contributed by atoms with E-state index in [0.29, 0.717) is 30.3 Å². The van der Waals surface area contributed by atoms with E-state index in [2.05, 4.69) is 26.0 Å². The first-order valence-electron chi connectivity index (χ1n) is 5.81. The van der Waals surface area contributed by atoms with Crippen molar-refractivity contribution in [3.8, 4) is 0 Å². The van der Waals surface area contributed by atoms with Gasteiger partial charge in [0.2, 0.25) is 0 Å². The van der Waals surface area contributed by atoms with Crippen molar-refractivity contribution < 1.29 is 9.69 Å². The summed E-state index contributed by atoms with van der Waals surface area (Å²) in [6, 6.07) is 0. The highest BCUT2D eigenvalue weighted by molar-refractivity contribution is 7.48. The van der Waals surface area contributed by atoms with Crippen molar-refractivity contribution in [2.24, 2.45) is 16.8 Å². The molecule has 0 aromatic heterocycles. The average molecular weight is 243 g/mol. The van der Waals surface area contributed by atoms with Gasteiger partial charge in [0.15, 0.2) is 0 Å². The normalized spacial score (nSPS) is 24.6. The summed E-state index contributed by atoms with van der Waals surface area (Å²) >= 11 is 0. The van der Waals surface area contributed by atoms with Gasteiger partial charge >= 0.3 is 0 Å². The van der Waals surface area contributed by atoms with E-state index in [-0.39, 0.29) is 5.78 Å². The molecule has 1 rings (SSSR count). The van der Waals surface area contributed by atoms with Gasteiger partial charge in [0, 0.05) is 19.0 Å². The number of nitrogens with two attached hydrogens (primary N) is 1. The van der Waals surface area contributed by atoms with Crippen LogP contribution < -0.4 is 5.50 Å². The summed E-state index contributed by atoms with van der Waals surface area (Å²) in [5.74, 6) is 0.776. The first-order valence-corrected chi connectivity index (χ1v) is 7.36. The summed E-state index contributed by atoms with van der Waals surface area (Å²) in [4.78, 5) is 20.4. The fourth-order valence-corrected chi connectivity index (χ4v) is 2.60. The first-order chi connectivity index (χ1) is 7.39. The van der Waals surface area contributed by atoms with Crippen LogP contribution in [0.15, 0.2) is 12.2 Å². The molecule has 0 aromatic carbocycles. The van der Waals surface area contributed by atoms with Crippen LogP contribution in [0.25, 0.3) is 0 Å². The Bertz CT molecular complexity index is 274. The summed E-state index contributed by atoms with van der Waals surface area (Å²) in [5, 5.41) is 0. The van der Waals surface area contributed by atoms with E-state index in [9.17, 15) is 4.79 Å². The van der Waals surface area contributed by atoms with Crippen LogP contribution in [0.4, 0.5) is 0 Å². The van der Waals surface area contributed by atoms with Crippen molar-refractivity contribution in [1.29, 1.82) is 0 Å². The SMILES string of the molecule is CC1(C)C=CC(CCC(=O)CCP(N)O)C1. The van der Waals surface area contributed by atoms with Crippen molar-refractivity contribution in [1.82, 2.24) is 0 Å². The molecule has 0 saturated carbocycles. The molecule has 3 nitrogen and oxygen atoms in total. The fraction of sp³-hybridized carbons (Fsp3) is 0.750. The molecule has 0 heterocycles. The molecule has 2 atom stereocenters. The van der Waals surface area contributed by atoms with Crippen LogP contribution in [0.1, 0.15) is 39.5 Å². The minimum absolute atomic E-state index is 0.227. The van der Waals surface area contributed by atoms with Crippen LogP contribution in [-0.4, -0.2) is 16.8 Å². The zero-order valence-electron chi connectivity index (χ0n) is 10.1. The molecule has 1 aliphatic rings. The lowest BCUT2D eigenvalue weighted by atomic mass is 9.88. The predicted octanol–water partition coefficient (Wildman–Crippen LogP) is 2.59. The molecule has 0 aromatic rings. The van der Waals surface area contributed by atoms with Crippen molar-refractivity contribution in [3.05, 3.63) is 12.2 Å². The summed E-state index contributed by atoms with van der Waals surface area (Å²) in [5.41, 5.74) is 5.55. The van der Waals surface area contributed by atoms with Gasteiger partial charge in [-0.1, -0.05) is 26.0 Å². The number of Topliss-reactive ketones (excluding diaryl/α,β-unsaturated/α-hetero) is 1. The number of ketones is 1. The van der Waals surface area contributed by atoms with Crippen molar-refractivity contribution in [3.63, 3.8) is 0 Å². The number of allylic oxidation sites excluding steroid dienone is 2. The lowest BCUT2D eigenvalue weighted by molar-refractivity contribution is -0.118. The zero-order chi connectivity index (χ0) is 12.2. The van der Waals surface area contributed by atoms with Crippen LogP contribution >= 0.6 is 8.30 Å². The lowest BCUT2D eigenvalue weighted by Gasteiger charge is -2.17. The van der Waals surface area contributed by atoms with Gasteiger partial charge in [-0.15, -0.1) is 0 Å². The van der Waals surface area contributed by atoms with Crippen molar-refractivity contribution in [2.75, 3.05) is 6.16 Å². The van der Waals surface area contributed by atoms with E-state index >= 15 is 0 Å². The van der Waals surface area contributed by atoms with E-state index in [1.165, 1.54) is 0 Å². The van der Waals surface area contributed by atoms with Gasteiger partial charge in [-0.25, -0.2) is 0 Å². The third kappa shape index (κ3) is 5.20. The van der Waals surface area contributed by atoms with Gasteiger partial charge in [-0.2, -0.15) is 0 Å². The van der Waals surface area contributed by atoms with E-state index in [1.54, 1.807) is 0 Å². The van der Waals surface area contributed by atoms with Crippen molar-refractivity contribution in [2.45, 2.75) is 39.5 Å². The third-order valence-electron chi connectivity index (χ3n) is 3.02. The average Bonchev–Trinajstić information content (AvgIpc) is 2.52. The number of hydrogen-bond acceptors (Lipinski definition) is 3. The molecule has 4 heteroatoms. The Morgan fingerprint density at radius 2 is 2.25 bits per heavy atom. The molecule has 92 valence electrons. The van der Waals surface area contributed by atoms with Crippen LogP contribution in [0.3, 0.4) is 0 Å². The Hall–Kier alpha value is -0.240. The zero-order valence-corrected chi connectivity index (χ0v) is 11.0. The minimum atomic E-state index is -1.40. The van der Waals surface area contributed by atoms with Crippen LogP contribution in [0.2, 0.25) is 0 Å². The molecular weight excluding hydrogens is 221 g/mol. The largest absolute Gasteiger partial charge is 0.359 e. The smallest absolute Gasteiger partial charge is 0.133 e. The molecule has 0 radical (unpaired) electrons. The maximum absolute atomic E-state index is 11.5. The molecule has 3 N–H and O–H groups in total. The van der Waals surface area contributed by atoms with E-state index < -0.39 is 8.30 Å². The fourth-order valence-electron chi connectivity index (χ4n) is 2.12. The summed E-state index contributed by atoms with van der Waals surface area (Å²) < 4.78 is 0. The Labute approximate surface area is 99.0 Å². The van der Waals surface area contributed by atoms with Gasteiger partial charge in [-0.3, -0.25) is 10.3 Å². The lowest BCUT2D eigenvalue weighted by Crippen LogP contribution is -2.08. The van der Waals surface area contributed by atoms with Gasteiger partial charge in [-0.05, 0) is 24.2 Å². The summed E-state index contributed by atoms with van der Waals surface area (Å²) in [6.45, 7) is 4.44. The van der Waals surface area contributed by atoms with E-state index in [4.69, 9.17) is 10.4 Å². The molecule has 16 heavy (non-hydrogen) atoms. The molecule has 0 amide bonds. The van der Waals surface area contributed by atoms with Crippen LogP contribution in [-0.2, 0) is 4.79 Å². The molecule has 0 spiro atoms. The maximum atomic E-state index is 11.5. The maximum Gasteiger partial charge on any atom is 0.133 e. The molecule has 0 saturated heterocycles. The Morgan fingerprint density at radius 3 is 2.75 bits per heavy atom. The standard InChI is InChI=1S/C12H22NO2P/c1-12(2)7-5-10(9-12)3-4-11(14)6-8-16(13)15/h5,7,10,15H,3-4,6,8-9,13H2,1-2H3. The van der Waals surface area contributed by atoms with E-state index in [0.717, 1.165) is 12.8 Å². The second-order valence-corrected chi connectivity index (χ2v) is 6.63. The van der Waals surface area contributed by atoms with Crippen LogP contribution in [0.5, 0.6) is 0 Å². The number of hydrogen-bond donors (Lipinski definition) is 2. The van der Waals surface area contributed by atoms with Gasteiger partial charge < -0.3 is 4.89 Å². The number of rotatable bonds is 6. The monoisotopic (exact) mass is 243 g/mol. The second kappa shape index (κ2) is 5.90. The predicted molar refractivity (Wildman–Crippen MR) is 68.1 cm³/mol. The van der Waals surface area contributed by atoms with Gasteiger partial charge in [0.25, 0.3) is 0 Å². The Kier molecular flexibility index (Phi) is 5.10. The molecule has 0 aliphatic heterocycles.